The Hall–Kier alpha value is 0.250. The van der Waals surface area contributed by atoms with Gasteiger partial charge in [0.2, 0.25) is 0 Å². The second-order valence-electron chi connectivity index (χ2n) is 3.96. The van der Waals surface area contributed by atoms with Crippen LogP contribution in [0.4, 0.5) is 0 Å². The zero-order valence-corrected chi connectivity index (χ0v) is 13.0. The molecule has 0 aliphatic carbocycles. The molecule has 0 spiro atoms. The van der Waals surface area contributed by atoms with Gasteiger partial charge in [0.15, 0.2) is 6.29 Å². The summed E-state index contributed by atoms with van der Waals surface area (Å²) >= 11 is 0. The van der Waals surface area contributed by atoms with Crippen molar-refractivity contribution in [3.8, 4) is 0 Å². The Bertz CT molecular complexity index is 521. The minimum atomic E-state index is -5.33. The highest BCUT2D eigenvalue weighted by Crippen LogP contribution is 2.57. The first-order valence-electron chi connectivity index (χ1n) is 5.20. The molecule has 1 fully saturated rings. The van der Waals surface area contributed by atoms with Crippen LogP contribution in [0.25, 0.3) is 0 Å². The molecule has 0 amide bonds. The zero-order chi connectivity index (χ0) is 17.3. The standard InChI is InChI=1S/C5H13O14P3/c6-3-2(1-16-22(14,15)19-21(11,12)13)17-5(4(3)7)18-20(8,9)10/h2-7H,1H2,(H,14,15)(H2,8,9,10)(H2,11,12,13)/t2-,3-,4-,5-/m1/s1. The van der Waals surface area contributed by atoms with E-state index in [0.29, 0.717) is 0 Å². The SMILES string of the molecule is O=P(O)(O)O[C@H]1O[C@H](COP(=O)(O)OP(=O)(O)O)[C@@H](O)[C@H]1O. The maximum absolute atomic E-state index is 11.1. The Morgan fingerprint density at radius 1 is 0.909 bits per heavy atom. The summed E-state index contributed by atoms with van der Waals surface area (Å²) < 4.78 is 48.4. The van der Waals surface area contributed by atoms with Crippen LogP contribution in [0.5, 0.6) is 0 Å². The summed E-state index contributed by atoms with van der Waals surface area (Å²) in [4.78, 5) is 42.8. The van der Waals surface area contributed by atoms with Gasteiger partial charge >= 0.3 is 23.5 Å². The summed E-state index contributed by atoms with van der Waals surface area (Å²) in [5.41, 5.74) is 0. The van der Waals surface area contributed by atoms with E-state index in [1.54, 1.807) is 0 Å². The predicted octanol–water partition coefficient (Wildman–Crippen LogP) is -2.23. The molecule has 1 unspecified atom stereocenters. The molecular formula is C5H13O14P3. The topological polar surface area (TPSA) is 230 Å². The first kappa shape index (κ1) is 20.3. The molecule has 0 aromatic rings. The van der Waals surface area contributed by atoms with Crippen LogP contribution >= 0.6 is 23.5 Å². The lowest BCUT2D eigenvalue weighted by molar-refractivity contribution is -0.125. The Morgan fingerprint density at radius 3 is 1.91 bits per heavy atom. The largest absolute Gasteiger partial charge is 0.481 e. The van der Waals surface area contributed by atoms with E-state index in [4.69, 9.17) is 24.5 Å². The van der Waals surface area contributed by atoms with Gasteiger partial charge in [-0.25, -0.2) is 13.7 Å². The third-order valence-corrected chi connectivity index (χ3v) is 4.81. The maximum Gasteiger partial charge on any atom is 0.481 e. The van der Waals surface area contributed by atoms with Gasteiger partial charge in [-0.15, -0.1) is 0 Å². The first-order valence-corrected chi connectivity index (χ1v) is 9.75. The van der Waals surface area contributed by atoms with Crippen LogP contribution in [0.1, 0.15) is 0 Å². The molecule has 22 heavy (non-hydrogen) atoms. The molecule has 1 rings (SSSR count). The van der Waals surface area contributed by atoms with Gasteiger partial charge in [-0.2, -0.15) is 4.31 Å². The van der Waals surface area contributed by atoms with Gasteiger partial charge in [0.25, 0.3) is 0 Å². The molecule has 0 radical (unpaired) electrons. The van der Waals surface area contributed by atoms with Crippen molar-refractivity contribution in [1.29, 1.82) is 0 Å². The van der Waals surface area contributed by atoms with Crippen LogP contribution in [-0.2, 0) is 31.8 Å². The molecule has 132 valence electrons. The number of rotatable bonds is 7. The van der Waals surface area contributed by atoms with Gasteiger partial charge in [0.05, 0.1) is 6.61 Å². The molecule has 1 heterocycles. The Balaban J connectivity index is 2.62. The fourth-order valence-corrected chi connectivity index (χ4v) is 3.44. The number of hydrogen-bond donors (Lipinski definition) is 7. The van der Waals surface area contributed by atoms with Gasteiger partial charge in [-0.05, 0) is 0 Å². The second-order valence-corrected chi connectivity index (χ2v) is 7.98. The molecule has 0 saturated carbocycles. The van der Waals surface area contributed by atoms with E-state index < -0.39 is 54.7 Å². The van der Waals surface area contributed by atoms with E-state index in [0.717, 1.165) is 0 Å². The number of aliphatic hydroxyl groups is 2. The van der Waals surface area contributed by atoms with E-state index in [-0.39, 0.29) is 0 Å². The lowest BCUT2D eigenvalue weighted by atomic mass is 10.1. The molecular weight excluding hydrogens is 377 g/mol. The van der Waals surface area contributed by atoms with Crippen LogP contribution in [0.2, 0.25) is 0 Å². The van der Waals surface area contributed by atoms with Crippen molar-refractivity contribution in [3.63, 3.8) is 0 Å². The van der Waals surface area contributed by atoms with Crippen molar-refractivity contribution in [2.24, 2.45) is 0 Å². The van der Waals surface area contributed by atoms with Crippen molar-refractivity contribution in [2.45, 2.75) is 24.6 Å². The number of phosphoric acid groups is 3. The minimum Gasteiger partial charge on any atom is -0.387 e. The van der Waals surface area contributed by atoms with Crippen LogP contribution in [0, 0.1) is 0 Å². The van der Waals surface area contributed by atoms with E-state index >= 15 is 0 Å². The molecule has 1 saturated heterocycles. The summed E-state index contributed by atoms with van der Waals surface area (Å²) in [6, 6.07) is 0. The summed E-state index contributed by atoms with van der Waals surface area (Å²) in [5, 5.41) is 18.9. The Kier molecular flexibility index (Phi) is 6.47. The minimum absolute atomic E-state index is 1.01. The molecule has 5 atom stereocenters. The lowest BCUT2D eigenvalue weighted by Gasteiger charge is -2.17. The number of hydrogen-bond acceptors (Lipinski definition) is 9. The first-order chi connectivity index (χ1) is 9.70. The summed E-state index contributed by atoms with van der Waals surface area (Å²) in [6.45, 7) is -1.01. The Labute approximate surface area is 122 Å². The number of aliphatic hydroxyl groups excluding tert-OH is 2. The second kappa shape index (κ2) is 7.01. The number of ether oxygens (including phenoxy) is 1. The van der Waals surface area contributed by atoms with E-state index in [9.17, 15) is 23.9 Å². The smallest absolute Gasteiger partial charge is 0.387 e. The average molecular weight is 390 g/mol. The molecule has 0 aromatic carbocycles. The van der Waals surface area contributed by atoms with Crippen LogP contribution in [-0.4, -0.2) is 65.9 Å². The number of phosphoric ester groups is 2. The van der Waals surface area contributed by atoms with Crippen molar-refractivity contribution >= 4 is 23.5 Å². The fourth-order valence-electron chi connectivity index (χ4n) is 1.40. The average Bonchev–Trinajstić information content (AvgIpc) is 2.49. The normalized spacial score (nSPS) is 32.9. The lowest BCUT2D eigenvalue weighted by Crippen LogP contribution is -2.34. The molecule has 1 aliphatic heterocycles. The van der Waals surface area contributed by atoms with Crippen LogP contribution in [0.3, 0.4) is 0 Å². The third kappa shape index (κ3) is 6.79. The van der Waals surface area contributed by atoms with Crippen molar-refractivity contribution < 1.29 is 66.5 Å². The maximum atomic E-state index is 11.1. The van der Waals surface area contributed by atoms with E-state index in [2.05, 4.69) is 18.1 Å². The van der Waals surface area contributed by atoms with E-state index in [1.807, 2.05) is 0 Å². The van der Waals surface area contributed by atoms with Gasteiger partial charge in [0, 0.05) is 0 Å². The molecule has 0 bridgehead atoms. The Morgan fingerprint density at radius 2 is 1.45 bits per heavy atom. The summed E-state index contributed by atoms with van der Waals surface area (Å²) in [6.07, 6.45) is -7.29. The van der Waals surface area contributed by atoms with Crippen molar-refractivity contribution in [3.05, 3.63) is 0 Å². The molecule has 7 N–H and O–H groups in total. The summed E-state index contributed by atoms with van der Waals surface area (Å²) in [5.74, 6) is 0. The van der Waals surface area contributed by atoms with Crippen molar-refractivity contribution in [2.75, 3.05) is 6.61 Å². The third-order valence-electron chi connectivity index (χ3n) is 2.17. The fraction of sp³-hybridized carbons (Fsp3) is 1.00. The van der Waals surface area contributed by atoms with Crippen LogP contribution in [0.15, 0.2) is 0 Å². The van der Waals surface area contributed by atoms with Crippen molar-refractivity contribution in [1.82, 2.24) is 0 Å². The highest BCUT2D eigenvalue weighted by Gasteiger charge is 2.47. The van der Waals surface area contributed by atoms with Gasteiger partial charge in [-0.3, -0.25) is 9.05 Å². The molecule has 14 nitrogen and oxygen atoms in total. The van der Waals surface area contributed by atoms with Gasteiger partial charge in [-0.1, -0.05) is 0 Å². The van der Waals surface area contributed by atoms with Gasteiger partial charge < -0.3 is 39.4 Å². The van der Waals surface area contributed by atoms with Crippen LogP contribution < -0.4 is 0 Å². The highest BCUT2D eigenvalue weighted by molar-refractivity contribution is 7.60. The monoisotopic (exact) mass is 390 g/mol. The molecule has 1 aliphatic rings. The van der Waals surface area contributed by atoms with Gasteiger partial charge in [0.1, 0.15) is 18.3 Å². The summed E-state index contributed by atoms with van der Waals surface area (Å²) in [7, 11) is -15.6. The zero-order valence-electron chi connectivity index (χ0n) is 10.3. The molecule has 0 aromatic heterocycles. The quantitative estimate of drug-likeness (QED) is 0.228. The van der Waals surface area contributed by atoms with E-state index in [1.165, 1.54) is 0 Å². The molecule has 17 heteroatoms. The predicted molar refractivity (Wildman–Crippen MR) is 62.7 cm³/mol. The highest BCUT2D eigenvalue weighted by atomic mass is 31.3.